The molecule has 2 bridgehead atoms. The maximum atomic E-state index is 12.6. The number of nitrogens with zero attached hydrogens (tertiary/aromatic N) is 2. The Labute approximate surface area is 219 Å². The molecule has 200 valence electrons. The Morgan fingerprint density at radius 3 is 2.75 bits per heavy atom. The molecule has 5 aliphatic rings. The number of ether oxygens (including phenoxy) is 4. The highest BCUT2D eigenvalue weighted by Crippen LogP contribution is 2.60. The van der Waals surface area contributed by atoms with Crippen molar-refractivity contribution >= 4 is 27.9 Å². The molecule has 11 heteroatoms. The van der Waals surface area contributed by atoms with E-state index in [1.54, 1.807) is 6.33 Å². The van der Waals surface area contributed by atoms with Crippen LogP contribution in [0.5, 0.6) is 0 Å². The summed E-state index contributed by atoms with van der Waals surface area (Å²) in [6.07, 6.45) is 6.29. The Bertz CT molecular complexity index is 974. The maximum Gasteiger partial charge on any atom is 0.308 e. The van der Waals surface area contributed by atoms with Gasteiger partial charge in [0.2, 0.25) is 12.1 Å². The molecule has 0 N–H and O–H groups in total. The number of hydrogen-bond acceptors (Lipinski definition) is 9. The van der Waals surface area contributed by atoms with E-state index in [0.717, 1.165) is 30.3 Å². The van der Waals surface area contributed by atoms with Gasteiger partial charge in [0.15, 0.2) is 11.9 Å². The molecule has 4 saturated heterocycles. The molecular weight excluding hydrogens is 536 g/mol. The quantitative estimate of drug-likeness (QED) is 0.259. The van der Waals surface area contributed by atoms with Crippen LogP contribution >= 0.6 is 15.9 Å². The van der Waals surface area contributed by atoms with Crippen LogP contribution in [-0.2, 0) is 44.9 Å². The third-order valence-corrected chi connectivity index (χ3v) is 8.71. The summed E-state index contributed by atoms with van der Waals surface area (Å²) in [6.45, 7) is 7.10. The molecule has 1 aromatic rings. The second-order valence-corrected chi connectivity index (χ2v) is 11.6. The molecule has 5 heterocycles. The van der Waals surface area contributed by atoms with Crippen LogP contribution in [0.1, 0.15) is 65.7 Å². The first kappa shape index (κ1) is 26.1. The Morgan fingerprint density at radius 2 is 1.97 bits per heavy atom. The van der Waals surface area contributed by atoms with Gasteiger partial charge in [-0.05, 0) is 60.4 Å². The van der Waals surface area contributed by atoms with E-state index in [0.29, 0.717) is 18.9 Å². The molecule has 0 unspecified atom stereocenters. The molecule has 0 radical (unpaired) electrons. The van der Waals surface area contributed by atoms with Gasteiger partial charge < -0.3 is 23.5 Å². The van der Waals surface area contributed by atoms with Crippen molar-refractivity contribution < 1.29 is 38.3 Å². The van der Waals surface area contributed by atoms with Crippen molar-refractivity contribution in [2.75, 3.05) is 6.61 Å². The zero-order valence-electron chi connectivity index (χ0n) is 21.0. The molecule has 1 saturated carbocycles. The van der Waals surface area contributed by atoms with E-state index < -0.39 is 35.9 Å². The average Bonchev–Trinajstić information content (AvgIpc) is 3.12. The van der Waals surface area contributed by atoms with Crippen LogP contribution in [0.4, 0.5) is 0 Å². The molecule has 10 nitrogen and oxygen atoms in total. The highest BCUT2D eigenvalue weighted by atomic mass is 79.9. The summed E-state index contributed by atoms with van der Waals surface area (Å²) in [5.74, 6) is -1.14. The van der Waals surface area contributed by atoms with Gasteiger partial charge in [-0.15, -0.1) is 0 Å². The standard InChI is InChI=1S/C25H35BrN2O8/c1-15-5-6-18-16(2)22(33-23-25(18)17(15)9-10-24(3,34-23)35-36-25)32-21(30)8-7-20(29)31-12-4-11-28-13-19(26)27-14-28/h13-18,22-23H,4-12H2,1-3H3/t15-,16-,17+,18+,22-,23-,24-,25-/m1/s1. The molecule has 1 aliphatic carbocycles. The Balaban J connectivity index is 1.13. The molecule has 8 atom stereocenters. The van der Waals surface area contributed by atoms with Crippen LogP contribution < -0.4 is 0 Å². The monoisotopic (exact) mass is 570 g/mol. The molecule has 6 rings (SSSR count). The molecule has 1 aromatic heterocycles. The molecular formula is C25H35BrN2O8. The van der Waals surface area contributed by atoms with Gasteiger partial charge in [0.25, 0.3) is 0 Å². The number of rotatable bonds is 8. The topological polar surface area (TPSA) is 107 Å². The number of carbonyl (C=O) groups excluding carboxylic acids is 2. The minimum absolute atomic E-state index is 0.0432. The zero-order chi connectivity index (χ0) is 25.5. The predicted octanol–water partition coefficient (Wildman–Crippen LogP) is 4.11. The number of halogens is 1. The predicted molar refractivity (Wildman–Crippen MR) is 128 cm³/mol. The molecule has 5 fully saturated rings. The van der Waals surface area contributed by atoms with Crippen molar-refractivity contribution in [2.45, 2.75) is 96.2 Å². The first-order valence-corrected chi connectivity index (χ1v) is 13.7. The first-order chi connectivity index (χ1) is 17.2. The second-order valence-electron chi connectivity index (χ2n) is 10.8. The number of hydrogen-bond donors (Lipinski definition) is 0. The summed E-state index contributed by atoms with van der Waals surface area (Å²) in [7, 11) is 0. The molecule has 36 heavy (non-hydrogen) atoms. The minimum Gasteiger partial charge on any atom is -0.466 e. The fraction of sp³-hybridized carbons (Fsp3) is 0.800. The second kappa shape index (κ2) is 10.3. The summed E-state index contributed by atoms with van der Waals surface area (Å²) >= 11 is 3.29. The third kappa shape index (κ3) is 4.97. The minimum atomic E-state index is -0.884. The van der Waals surface area contributed by atoms with Crippen LogP contribution in [0.2, 0.25) is 0 Å². The Hall–Kier alpha value is -1.53. The van der Waals surface area contributed by atoms with Gasteiger partial charge >= 0.3 is 11.9 Å². The van der Waals surface area contributed by atoms with E-state index in [1.165, 1.54) is 0 Å². The molecule has 1 spiro atoms. The summed E-state index contributed by atoms with van der Waals surface area (Å²) in [6, 6.07) is 0. The Kier molecular flexibility index (Phi) is 7.48. The summed E-state index contributed by atoms with van der Waals surface area (Å²) in [4.78, 5) is 40.7. The lowest BCUT2D eigenvalue weighted by atomic mass is 9.58. The van der Waals surface area contributed by atoms with Crippen molar-refractivity contribution in [3.05, 3.63) is 17.1 Å². The number of fused-ring (bicyclic) bond motifs is 2. The fourth-order valence-corrected chi connectivity index (χ4v) is 6.71. The summed E-state index contributed by atoms with van der Waals surface area (Å²) in [5.41, 5.74) is -0.702. The molecule has 4 aliphatic heterocycles. The lowest BCUT2D eigenvalue weighted by Gasteiger charge is -2.59. The summed E-state index contributed by atoms with van der Waals surface area (Å²) < 4.78 is 26.2. The smallest absolute Gasteiger partial charge is 0.308 e. The van der Waals surface area contributed by atoms with Crippen molar-refractivity contribution in [1.82, 2.24) is 9.55 Å². The highest BCUT2D eigenvalue weighted by molar-refractivity contribution is 9.10. The summed E-state index contributed by atoms with van der Waals surface area (Å²) in [5, 5.41) is 0. The lowest BCUT2D eigenvalue weighted by Crippen LogP contribution is -2.70. The Morgan fingerprint density at radius 1 is 1.17 bits per heavy atom. The normalized spacial score (nSPS) is 39.2. The maximum absolute atomic E-state index is 12.6. The van der Waals surface area contributed by atoms with Gasteiger partial charge in [-0.2, -0.15) is 0 Å². The van der Waals surface area contributed by atoms with Crippen molar-refractivity contribution in [1.29, 1.82) is 0 Å². The van der Waals surface area contributed by atoms with Crippen LogP contribution in [0, 0.1) is 23.7 Å². The molecule has 0 aromatic carbocycles. The van der Waals surface area contributed by atoms with Crippen LogP contribution in [-0.4, -0.2) is 52.1 Å². The van der Waals surface area contributed by atoms with E-state index in [2.05, 4.69) is 27.8 Å². The van der Waals surface area contributed by atoms with Crippen LogP contribution in [0.3, 0.4) is 0 Å². The van der Waals surface area contributed by atoms with Crippen LogP contribution in [0.15, 0.2) is 17.1 Å². The number of aryl methyl sites for hydroxylation is 1. The number of esters is 2. The van der Waals surface area contributed by atoms with E-state index in [-0.39, 0.29) is 37.2 Å². The number of aromatic nitrogens is 2. The lowest BCUT2D eigenvalue weighted by molar-refractivity contribution is -0.576. The fourth-order valence-electron chi connectivity index (χ4n) is 6.36. The average molecular weight is 571 g/mol. The molecule has 0 amide bonds. The van der Waals surface area contributed by atoms with Gasteiger partial charge in [-0.1, -0.05) is 13.8 Å². The van der Waals surface area contributed by atoms with E-state index in [9.17, 15) is 9.59 Å². The number of carbonyl (C=O) groups is 2. The van der Waals surface area contributed by atoms with Gasteiger partial charge in [0.1, 0.15) is 4.60 Å². The van der Waals surface area contributed by atoms with Crippen LogP contribution in [0.25, 0.3) is 0 Å². The van der Waals surface area contributed by atoms with Gasteiger partial charge in [0, 0.05) is 31.0 Å². The van der Waals surface area contributed by atoms with Crippen molar-refractivity contribution in [3.63, 3.8) is 0 Å². The highest BCUT2D eigenvalue weighted by Gasteiger charge is 2.69. The third-order valence-electron chi connectivity index (χ3n) is 8.30. The van der Waals surface area contributed by atoms with Gasteiger partial charge in [-0.3, -0.25) is 9.59 Å². The van der Waals surface area contributed by atoms with E-state index in [4.69, 9.17) is 28.7 Å². The van der Waals surface area contributed by atoms with Gasteiger partial charge in [0.05, 0.1) is 25.8 Å². The van der Waals surface area contributed by atoms with Crippen molar-refractivity contribution in [3.8, 4) is 0 Å². The van der Waals surface area contributed by atoms with Gasteiger partial charge in [-0.25, -0.2) is 14.8 Å². The van der Waals surface area contributed by atoms with Crippen molar-refractivity contribution in [2.24, 2.45) is 23.7 Å². The first-order valence-electron chi connectivity index (χ1n) is 12.9. The zero-order valence-corrected chi connectivity index (χ0v) is 22.6. The largest absolute Gasteiger partial charge is 0.466 e. The number of imidazole rings is 1. The van der Waals surface area contributed by atoms with E-state index in [1.807, 2.05) is 24.6 Å². The SMILES string of the molecule is C[C@H]1[C@H](OC(=O)CCC(=O)OCCCn2cnc(Br)c2)O[C@@H]2O[C@@]3(C)CC[C@H]4[C@H](C)CC[C@@H]1[C@@]24OO3. The van der Waals surface area contributed by atoms with E-state index >= 15 is 0 Å².